The fourth-order valence-electron chi connectivity index (χ4n) is 9.55. The van der Waals surface area contributed by atoms with Gasteiger partial charge in [0.2, 0.25) is 0 Å². The summed E-state index contributed by atoms with van der Waals surface area (Å²) in [5.74, 6) is 1.55. The first-order valence-corrected chi connectivity index (χ1v) is 15.6. The molecule has 0 amide bonds. The fourth-order valence-corrected chi connectivity index (χ4v) is 9.55. The zero-order chi connectivity index (χ0) is 27.8. The molecule has 4 aromatic carbocycles. The van der Waals surface area contributed by atoms with Crippen molar-refractivity contribution in [3.05, 3.63) is 107 Å². The van der Waals surface area contributed by atoms with Gasteiger partial charge >= 0.3 is 0 Å². The van der Waals surface area contributed by atoms with Crippen molar-refractivity contribution in [3.8, 4) is 11.5 Å². The molecule has 5 aliphatic rings. The van der Waals surface area contributed by atoms with Crippen LogP contribution in [0.25, 0.3) is 21.7 Å². The Morgan fingerprint density at radius 3 is 2.60 bits per heavy atom. The smallest absolute Gasteiger partial charge is 0.166 e. The van der Waals surface area contributed by atoms with E-state index in [0.29, 0.717) is 12.2 Å². The van der Waals surface area contributed by atoms with Crippen LogP contribution in [0.3, 0.4) is 0 Å². The van der Waals surface area contributed by atoms with Gasteiger partial charge < -0.3 is 19.5 Å². The van der Waals surface area contributed by atoms with E-state index < -0.39 is 11.0 Å². The van der Waals surface area contributed by atoms with Crippen LogP contribution in [0.5, 0.6) is 11.5 Å². The first kappa shape index (κ1) is 23.7. The zero-order valence-corrected chi connectivity index (χ0v) is 23.6. The van der Waals surface area contributed by atoms with Crippen LogP contribution in [0, 0.1) is 5.92 Å². The molecule has 3 heterocycles. The molecule has 1 saturated heterocycles. The highest BCUT2D eigenvalue weighted by Gasteiger charge is 2.73. The summed E-state index contributed by atoms with van der Waals surface area (Å²) in [6.07, 6.45) is 4.46. The molecule has 42 heavy (non-hydrogen) atoms. The summed E-state index contributed by atoms with van der Waals surface area (Å²) >= 11 is 0. The summed E-state index contributed by atoms with van der Waals surface area (Å²) in [7, 11) is 0. The van der Waals surface area contributed by atoms with Gasteiger partial charge in [-0.1, -0.05) is 72.8 Å². The zero-order valence-electron chi connectivity index (χ0n) is 23.6. The van der Waals surface area contributed by atoms with Crippen molar-refractivity contribution in [2.24, 2.45) is 5.92 Å². The van der Waals surface area contributed by atoms with Gasteiger partial charge in [0, 0.05) is 41.9 Å². The van der Waals surface area contributed by atoms with Crippen molar-refractivity contribution >= 4 is 21.7 Å². The monoisotopic (exact) mass is 554 g/mol. The van der Waals surface area contributed by atoms with Crippen molar-refractivity contribution in [1.29, 1.82) is 0 Å². The summed E-state index contributed by atoms with van der Waals surface area (Å²) in [5.41, 5.74) is 5.57. The largest absolute Gasteiger partial charge is 0.504 e. The highest BCUT2D eigenvalue weighted by Crippen LogP contribution is 2.69. The number of benzene rings is 4. The third-order valence-electron chi connectivity index (χ3n) is 11.5. The fraction of sp³-hybridized carbons (Fsp3) is 0.351. The number of rotatable bonds is 4. The van der Waals surface area contributed by atoms with E-state index in [1.54, 1.807) is 6.07 Å². The predicted molar refractivity (Wildman–Crippen MR) is 163 cm³/mol. The number of likely N-dealkylation sites (tertiary alicyclic amines) is 1. The number of hydrogen-bond acceptors (Lipinski definition) is 4. The summed E-state index contributed by atoms with van der Waals surface area (Å²) in [6, 6.07) is 27.8. The van der Waals surface area contributed by atoms with Gasteiger partial charge in [-0.05, 0) is 66.3 Å². The molecule has 4 atom stereocenters. The first-order chi connectivity index (χ1) is 20.6. The molecule has 210 valence electrons. The molecule has 0 unspecified atom stereocenters. The molecule has 2 aliphatic heterocycles. The van der Waals surface area contributed by atoms with Crippen LogP contribution in [0.15, 0.2) is 78.9 Å². The van der Waals surface area contributed by atoms with E-state index in [0.717, 1.165) is 44.0 Å². The van der Waals surface area contributed by atoms with Crippen LogP contribution >= 0.6 is 0 Å². The average molecular weight is 555 g/mol. The van der Waals surface area contributed by atoms with Gasteiger partial charge in [-0.25, -0.2) is 0 Å². The molecule has 1 spiro atoms. The third-order valence-corrected chi connectivity index (χ3v) is 11.5. The number of hydrogen-bond donors (Lipinski definition) is 2. The second-order valence-electron chi connectivity index (χ2n) is 13.5. The Morgan fingerprint density at radius 2 is 1.74 bits per heavy atom. The van der Waals surface area contributed by atoms with Crippen LogP contribution in [-0.4, -0.2) is 44.4 Å². The van der Waals surface area contributed by atoms with Gasteiger partial charge in [0.05, 0.1) is 22.2 Å². The first-order valence-electron chi connectivity index (χ1n) is 15.6. The lowest BCUT2D eigenvalue weighted by Gasteiger charge is -2.63. The topological polar surface area (TPSA) is 57.9 Å². The van der Waals surface area contributed by atoms with Crippen LogP contribution in [0.1, 0.15) is 53.3 Å². The molecule has 2 fully saturated rings. The molecule has 5 nitrogen and oxygen atoms in total. The minimum atomic E-state index is -0.985. The minimum Gasteiger partial charge on any atom is -0.504 e. The Bertz CT molecular complexity index is 1940. The lowest BCUT2D eigenvalue weighted by Crippen LogP contribution is -2.74. The van der Waals surface area contributed by atoms with Crippen LogP contribution in [0.4, 0.5) is 0 Å². The average Bonchev–Trinajstić information content (AvgIpc) is 3.68. The number of nitrogens with zero attached hydrogens (tertiary/aromatic N) is 2. The molecule has 2 bridgehead atoms. The standard InChI is InChI=1S/C37H34N2O3/c40-29-15-13-25-18-30-37(41)19-28-27-14-12-24-8-4-5-9-26(24)32(27)39(21-22-6-2-1-3-7-22)33(28)35-36(37,31(25)34(29)42-35)16-17-38(30)20-23-10-11-23/h1-9,12-15,23,30,35,40-41H,10-11,16-21H2/t30-,35-,36-,37+/m0/s1. The van der Waals surface area contributed by atoms with E-state index in [4.69, 9.17) is 4.74 Å². The van der Waals surface area contributed by atoms with Gasteiger partial charge in [0.15, 0.2) is 17.6 Å². The number of phenolic OH excluding ortho intramolecular Hbond substituents is 1. The van der Waals surface area contributed by atoms with E-state index in [1.807, 2.05) is 0 Å². The number of aromatic hydroxyl groups is 1. The maximum Gasteiger partial charge on any atom is 0.166 e. The highest BCUT2D eigenvalue weighted by molar-refractivity contribution is 6.08. The number of aliphatic hydroxyl groups is 1. The van der Waals surface area contributed by atoms with E-state index in [1.165, 1.54) is 56.9 Å². The van der Waals surface area contributed by atoms with Crippen LogP contribution in [0.2, 0.25) is 0 Å². The second-order valence-corrected chi connectivity index (χ2v) is 13.5. The van der Waals surface area contributed by atoms with E-state index in [-0.39, 0.29) is 17.9 Å². The quantitative estimate of drug-likeness (QED) is 0.276. The summed E-state index contributed by atoms with van der Waals surface area (Å²) in [5, 5.41) is 28.1. The van der Waals surface area contributed by atoms with Crippen molar-refractivity contribution in [2.45, 2.75) is 61.8 Å². The number of aromatic nitrogens is 1. The Kier molecular flexibility index (Phi) is 4.50. The molecular weight excluding hydrogens is 520 g/mol. The van der Waals surface area contributed by atoms with E-state index in [9.17, 15) is 10.2 Å². The SMILES string of the molecule is Oc1ccc2c3c1O[C@H]1c4c(c5ccc6ccccc6c5n4Cc4ccccc4)C[C@@]4(O)[C@H](C2)N(CC2CC2)CC[C@]314. The minimum absolute atomic E-state index is 0.0297. The summed E-state index contributed by atoms with van der Waals surface area (Å²) in [6.45, 7) is 2.75. The molecule has 10 rings (SSSR count). The number of piperidine rings is 1. The van der Waals surface area contributed by atoms with Gasteiger partial charge in [-0.2, -0.15) is 0 Å². The number of ether oxygens (including phenoxy) is 1. The van der Waals surface area contributed by atoms with Crippen molar-refractivity contribution in [3.63, 3.8) is 0 Å². The van der Waals surface area contributed by atoms with Crippen molar-refractivity contribution in [1.82, 2.24) is 9.47 Å². The maximum atomic E-state index is 13.3. The van der Waals surface area contributed by atoms with Gasteiger partial charge in [-0.3, -0.25) is 4.90 Å². The normalized spacial score (nSPS) is 29.0. The predicted octanol–water partition coefficient (Wildman–Crippen LogP) is 6.25. The Balaban J connectivity index is 1.29. The van der Waals surface area contributed by atoms with E-state index >= 15 is 0 Å². The maximum absolute atomic E-state index is 13.3. The second kappa shape index (κ2) is 7.97. The molecule has 5 aromatic rings. The third kappa shape index (κ3) is 2.82. The molecular formula is C37H34N2O3. The van der Waals surface area contributed by atoms with E-state index in [2.05, 4.69) is 82.3 Å². The lowest BCUT2D eigenvalue weighted by atomic mass is 9.49. The Morgan fingerprint density at radius 1 is 0.905 bits per heavy atom. The van der Waals surface area contributed by atoms with Gasteiger partial charge in [0.1, 0.15) is 0 Å². The number of phenols is 1. The summed E-state index contributed by atoms with van der Waals surface area (Å²) in [4.78, 5) is 2.61. The van der Waals surface area contributed by atoms with Crippen LogP contribution in [-0.2, 0) is 24.8 Å². The lowest BCUT2D eigenvalue weighted by molar-refractivity contribution is -0.173. The Hall–Kier alpha value is -3.80. The molecule has 1 aromatic heterocycles. The van der Waals surface area contributed by atoms with Gasteiger partial charge in [0.25, 0.3) is 0 Å². The Labute approximate surface area is 245 Å². The molecule has 5 heteroatoms. The van der Waals surface area contributed by atoms with Crippen molar-refractivity contribution < 1.29 is 14.9 Å². The highest BCUT2D eigenvalue weighted by atomic mass is 16.5. The molecule has 0 radical (unpaired) electrons. The molecule has 2 N–H and O–H groups in total. The summed E-state index contributed by atoms with van der Waals surface area (Å²) < 4.78 is 9.49. The molecule has 1 saturated carbocycles. The number of fused-ring (bicyclic) bond motifs is 6. The van der Waals surface area contributed by atoms with Crippen LogP contribution < -0.4 is 4.74 Å². The molecule has 3 aliphatic carbocycles. The van der Waals surface area contributed by atoms with Crippen molar-refractivity contribution in [2.75, 3.05) is 13.1 Å². The van der Waals surface area contributed by atoms with Gasteiger partial charge in [-0.15, -0.1) is 0 Å².